The molecule has 1 aliphatic heterocycles. The molecule has 0 spiro atoms. The van der Waals surface area contributed by atoms with Crippen LogP contribution in [0.5, 0.6) is 5.75 Å². The topological polar surface area (TPSA) is 50.4 Å². The molecule has 0 bridgehead atoms. The number of nitrogens with one attached hydrogen (secondary N) is 2. The van der Waals surface area contributed by atoms with E-state index in [1.54, 1.807) is 30.3 Å². The molecule has 164 valence electrons. The number of halogens is 2. The Kier molecular flexibility index (Phi) is 7.17. The highest BCUT2D eigenvalue weighted by Gasteiger charge is 2.27. The molecule has 32 heavy (non-hydrogen) atoms. The van der Waals surface area contributed by atoms with Gasteiger partial charge in [-0.05, 0) is 54.5 Å². The number of benzene rings is 3. The monoisotopic (exact) mass is 512 g/mol. The van der Waals surface area contributed by atoms with Crippen LogP contribution in [0.3, 0.4) is 0 Å². The summed E-state index contributed by atoms with van der Waals surface area (Å²) in [7, 11) is 0. The molecule has 1 heterocycles. The second kappa shape index (κ2) is 10.2. The lowest BCUT2D eigenvalue weighted by Crippen LogP contribution is -2.30. The molecule has 0 saturated carbocycles. The summed E-state index contributed by atoms with van der Waals surface area (Å²) < 4.78 is 20.7. The minimum Gasteiger partial charge on any atom is -0.488 e. The zero-order chi connectivity index (χ0) is 22.5. The SMILES string of the molecule is CCc1ccc(N[C@H]2NC(=O)/C(=C/c3cc(Br)ccc3OCc3ccccc3F)S2)cc1. The van der Waals surface area contributed by atoms with Crippen molar-refractivity contribution in [2.45, 2.75) is 25.4 Å². The van der Waals surface area contributed by atoms with Gasteiger partial charge in [0, 0.05) is 21.3 Å². The minimum atomic E-state index is -0.309. The van der Waals surface area contributed by atoms with Crippen LogP contribution in [0.25, 0.3) is 6.08 Å². The molecule has 2 N–H and O–H groups in total. The average molecular weight is 513 g/mol. The first-order valence-electron chi connectivity index (χ1n) is 10.2. The third-order valence-corrected chi connectivity index (χ3v) is 6.51. The van der Waals surface area contributed by atoms with Crippen LogP contribution in [0.2, 0.25) is 0 Å². The van der Waals surface area contributed by atoms with Crippen LogP contribution in [0.4, 0.5) is 10.1 Å². The molecule has 0 radical (unpaired) electrons. The van der Waals surface area contributed by atoms with Gasteiger partial charge in [0.25, 0.3) is 5.91 Å². The van der Waals surface area contributed by atoms with E-state index < -0.39 is 0 Å². The predicted molar refractivity (Wildman–Crippen MR) is 132 cm³/mol. The zero-order valence-corrected chi connectivity index (χ0v) is 19.8. The van der Waals surface area contributed by atoms with E-state index in [9.17, 15) is 9.18 Å². The van der Waals surface area contributed by atoms with Crippen LogP contribution in [0.15, 0.2) is 76.1 Å². The van der Waals surface area contributed by atoms with E-state index in [2.05, 4.69) is 45.6 Å². The summed E-state index contributed by atoms with van der Waals surface area (Å²) >= 11 is 4.88. The van der Waals surface area contributed by atoms with Crippen LogP contribution in [-0.4, -0.2) is 11.4 Å². The first-order valence-corrected chi connectivity index (χ1v) is 11.9. The fraction of sp³-hybridized carbons (Fsp3) is 0.160. The Balaban J connectivity index is 1.49. The number of rotatable bonds is 7. The van der Waals surface area contributed by atoms with Crippen molar-refractivity contribution < 1.29 is 13.9 Å². The molecule has 0 unspecified atom stereocenters. The van der Waals surface area contributed by atoms with Crippen LogP contribution in [-0.2, 0) is 17.8 Å². The first-order chi connectivity index (χ1) is 15.5. The molecule has 0 aromatic heterocycles. The lowest BCUT2D eigenvalue weighted by molar-refractivity contribution is -0.116. The summed E-state index contributed by atoms with van der Waals surface area (Å²) in [5.41, 5.74) is 3.15. The normalized spacial score (nSPS) is 16.8. The Morgan fingerprint density at radius 2 is 1.94 bits per heavy atom. The number of hydrogen-bond donors (Lipinski definition) is 2. The molecule has 3 aromatic carbocycles. The van der Waals surface area contributed by atoms with Crippen LogP contribution in [0, 0.1) is 5.82 Å². The average Bonchev–Trinajstić information content (AvgIpc) is 3.13. The Labute approximate surface area is 199 Å². The molecule has 1 fully saturated rings. The Hall–Kier alpha value is -2.77. The third-order valence-electron chi connectivity index (χ3n) is 4.99. The van der Waals surface area contributed by atoms with Gasteiger partial charge in [-0.3, -0.25) is 4.79 Å². The van der Waals surface area contributed by atoms with E-state index in [0.29, 0.717) is 16.2 Å². The van der Waals surface area contributed by atoms with Gasteiger partial charge in [0.1, 0.15) is 18.2 Å². The van der Waals surface area contributed by atoms with E-state index >= 15 is 0 Å². The fourth-order valence-electron chi connectivity index (χ4n) is 3.23. The zero-order valence-electron chi connectivity index (χ0n) is 17.4. The van der Waals surface area contributed by atoms with Gasteiger partial charge >= 0.3 is 0 Å². The van der Waals surface area contributed by atoms with Crippen molar-refractivity contribution in [2.75, 3.05) is 5.32 Å². The van der Waals surface area contributed by atoms with E-state index in [4.69, 9.17) is 4.74 Å². The number of anilines is 1. The number of amides is 1. The maximum absolute atomic E-state index is 13.9. The standard InChI is InChI=1S/C25H22BrFN2O2S/c1-2-16-7-10-20(11-8-16)28-25-29-24(30)23(32-25)14-18-13-19(26)9-12-22(18)31-15-17-5-3-4-6-21(17)27/h3-14,25,28H,2,15H2,1H3,(H,29,30)/b23-14-/t25-/m0/s1. The Morgan fingerprint density at radius 1 is 1.16 bits per heavy atom. The van der Waals surface area contributed by atoms with E-state index in [1.165, 1.54) is 23.4 Å². The van der Waals surface area contributed by atoms with E-state index in [-0.39, 0.29) is 23.8 Å². The summed E-state index contributed by atoms with van der Waals surface area (Å²) in [6, 6.07) is 20.2. The van der Waals surface area contributed by atoms with Crippen molar-refractivity contribution in [3.8, 4) is 5.75 Å². The largest absolute Gasteiger partial charge is 0.488 e. The van der Waals surface area contributed by atoms with Crippen molar-refractivity contribution in [1.29, 1.82) is 0 Å². The van der Waals surface area contributed by atoms with Crippen LogP contribution in [0.1, 0.15) is 23.6 Å². The van der Waals surface area contributed by atoms with Crippen LogP contribution < -0.4 is 15.4 Å². The molecule has 4 nitrogen and oxygen atoms in total. The highest BCUT2D eigenvalue weighted by atomic mass is 79.9. The second-order valence-corrected chi connectivity index (χ2v) is 9.30. The molecular weight excluding hydrogens is 491 g/mol. The van der Waals surface area contributed by atoms with Gasteiger partial charge in [-0.25, -0.2) is 4.39 Å². The van der Waals surface area contributed by atoms with Crippen molar-refractivity contribution in [3.63, 3.8) is 0 Å². The van der Waals surface area contributed by atoms with Gasteiger partial charge in [0.15, 0.2) is 5.50 Å². The van der Waals surface area contributed by atoms with Gasteiger partial charge < -0.3 is 15.4 Å². The molecule has 3 aromatic rings. The lowest BCUT2D eigenvalue weighted by Gasteiger charge is -2.13. The molecule has 1 atom stereocenters. The van der Waals surface area contributed by atoms with Crippen molar-refractivity contribution >= 4 is 45.4 Å². The molecular formula is C25H22BrFN2O2S. The van der Waals surface area contributed by atoms with Crippen molar-refractivity contribution in [1.82, 2.24) is 5.32 Å². The highest BCUT2D eigenvalue weighted by Crippen LogP contribution is 2.33. The van der Waals surface area contributed by atoms with Gasteiger partial charge in [0.05, 0.1) is 4.91 Å². The molecule has 4 rings (SSSR count). The number of ether oxygens (including phenoxy) is 1. The Morgan fingerprint density at radius 3 is 2.69 bits per heavy atom. The summed E-state index contributed by atoms with van der Waals surface area (Å²) in [6.45, 7) is 2.21. The fourth-order valence-corrected chi connectivity index (χ4v) is 4.58. The quantitative estimate of drug-likeness (QED) is 0.363. The minimum absolute atomic E-state index is 0.0990. The van der Waals surface area contributed by atoms with Gasteiger partial charge in [-0.1, -0.05) is 64.9 Å². The second-order valence-electron chi connectivity index (χ2n) is 7.24. The highest BCUT2D eigenvalue weighted by molar-refractivity contribution is 9.10. The van der Waals surface area contributed by atoms with Gasteiger partial charge in [0.2, 0.25) is 0 Å². The molecule has 0 aliphatic carbocycles. The van der Waals surface area contributed by atoms with E-state index in [0.717, 1.165) is 22.1 Å². The number of thioether (sulfide) groups is 1. The van der Waals surface area contributed by atoms with Gasteiger partial charge in [-0.2, -0.15) is 0 Å². The van der Waals surface area contributed by atoms with Crippen molar-refractivity contribution in [2.24, 2.45) is 0 Å². The van der Waals surface area contributed by atoms with E-state index in [1.807, 2.05) is 24.3 Å². The molecule has 7 heteroatoms. The summed E-state index contributed by atoms with van der Waals surface area (Å²) in [4.78, 5) is 13.1. The van der Waals surface area contributed by atoms with Crippen molar-refractivity contribution in [3.05, 3.63) is 98.6 Å². The summed E-state index contributed by atoms with van der Waals surface area (Å²) in [5.74, 6) is 0.109. The Bertz CT molecular complexity index is 1150. The lowest BCUT2D eigenvalue weighted by atomic mass is 10.1. The number of aryl methyl sites for hydroxylation is 1. The maximum atomic E-state index is 13.9. The number of carbonyl (C=O) groups is 1. The number of carbonyl (C=O) groups excluding carboxylic acids is 1. The maximum Gasteiger partial charge on any atom is 0.260 e. The smallest absolute Gasteiger partial charge is 0.260 e. The third kappa shape index (κ3) is 5.53. The first kappa shape index (κ1) is 22.4. The molecule has 1 saturated heterocycles. The van der Waals surface area contributed by atoms with Gasteiger partial charge in [-0.15, -0.1) is 0 Å². The summed E-state index contributed by atoms with van der Waals surface area (Å²) in [6.07, 6.45) is 2.78. The predicted octanol–water partition coefficient (Wildman–Crippen LogP) is 6.33. The molecule has 1 amide bonds. The van der Waals surface area contributed by atoms with Crippen LogP contribution >= 0.6 is 27.7 Å². The molecule has 1 aliphatic rings. The number of hydrogen-bond acceptors (Lipinski definition) is 4. The summed E-state index contributed by atoms with van der Waals surface area (Å²) in [5, 5.41) is 6.27.